The van der Waals surface area contributed by atoms with Crippen molar-refractivity contribution in [3.05, 3.63) is 83.9 Å². The van der Waals surface area contributed by atoms with Crippen LogP contribution in [0.5, 0.6) is 0 Å². The fraction of sp³-hybridized carbons (Fsp3) is 0.370. The molecule has 3 aromatic rings. The lowest BCUT2D eigenvalue weighted by Crippen LogP contribution is -2.32. The molecule has 6 nitrogen and oxygen atoms in total. The summed E-state index contributed by atoms with van der Waals surface area (Å²) >= 11 is 5.76. The Morgan fingerprint density at radius 2 is 1.94 bits per heavy atom. The summed E-state index contributed by atoms with van der Waals surface area (Å²) in [6.45, 7) is 2.53. The number of anilines is 1. The average Bonchev–Trinajstić information content (AvgIpc) is 3.60. The molecule has 34 heavy (non-hydrogen) atoms. The lowest BCUT2D eigenvalue weighted by atomic mass is 9.99. The van der Waals surface area contributed by atoms with Crippen molar-refractivity contribution in [3.8, 4) is 0 Å². The van der Waals surface area contributed by atoms with Gasteiger partial charge in [-0.15, -0.1) is 0 Å². The summed E-state index contributed by atoms with van der Waals surface area (Å²) in [5.74, 6) is -0.0133. The van der Waals surface area contributed by atoms with Crippen molar-refractivity contribution in [2.24, 2.45) is 0 Å². The topological polar surface area (TPSA) is 62.2 Å². The highest BCUT2D eigenvalue weighted by Crippen LogP contribution is 2.40. The number of pyridine rings is 1. The summed E-state index contributed by atoms with van der Waals surface area (Å²) < 4.78 is 2.36. The van der Waals surface area contributed by atoms with Gasteiger partial charge in [0.2, 0.25) is 5.91 Å². The summed E-state index contributed by atoms with van der Waals surface area (Å²) in [6, 6.07) is 16.5. The van der Waals surface area contributed by atoms with E-state index in [9.17, 15) is 4.79 Å². The second-order valence-electron chi connectivity index (χ2n) is 9.26. The maximum atomic E-state index is 12.8. The minimum absolute atomic E-state index is 0.0133. The van der Waals surface area contributed by atoms with Crippen LogP contribution in [-0.2, 0) is 4.79 Å². The Balaban J connectivity index is 1.36. The number of nitrogens with one attached hydrogen (secondary N) is 2. The quantitative estimate of drug-likeness (QED) is 0.456. The maximum absolute atomic E-state index is 12.8. The van der Waals surface area contributed by atoms with Crippen molar-refractivity contribution in [3.63, 3.8) is 0 Å². The zero-order valence-corrected chi connectivity index (χ0v) is 20.3. The van der Waals surface area contributed by atoms with Gasteiger partial charge in [-0.25, -0.2) is 0 Å². The number of rotatable bonds is 7. The first-order chi connectivity index (χ1) is 16.6. The van der Waals surface area contributed by atoms with Gasteiger partial charge in [0.15, 0.2) is 5.11 Å². The minimum atomic E-state index is -0.0624. The van der Waals surface area contributed by atoms with Crippen LogP contribution in [0.3, 0.4) is 0 Å². The molecule has 1 amide bonds. The summed E-state index contributed by atoms with van der Waals surface area (Å²) in [5.41, 5.74) is 4.06. The lowest BCUT2D eigenvalue weighted by molar-refractivity contribution is -0.116. The van der Waals surface area contributed by atoms with E-state index in [0.29, 0.717) is 24.1 Å². The molecule has 2 N–H and O–H groups in total. The summed E-state index contributed by atoms with van der Waals surface area (Å²) in [4.78, 5) is 19.6. The van der Waals surface area contributed by atoms with Gasteiger partial charge >= 0.3 is 0 Å². The normalized spacial score (nSPS) is 20.5. The first-order valence-electron chi connectivity index (χ1n) is 12.1. The van der Waals surface area contributed by atoms with Crippen LogP contribution < -0.4 is 10.6 Å². The SMILES string of the molecule is Cc1ccccc1NC(=O)CCN1C(=S)N[C@H](c2ccccn2)[C@H]1c1ccn(C2CCCC2)c1. The van der Waals surface area contributed by atoms with Gasteiger partial charge < -0.3 is 20.1 Å². The average molecular weight is 474 g/mol. The van der Waals surface area contributed by atoms with Crippen LogP contribution in [0.15, 0.2) is 67.1 Å². The molecule has 2 fully saturated rings. The highest BCUT2D eigenvalue weighted by Gasteiger charge is 2.40. The monoisotopic (exact) mass is 473 g/mol. The Hall–Kier alpha value is -3.19. The van der Waals surface area contributed by atoms with E-state index in [1.165, 1.54) is 31.2 Å². The van der Waals surface area contributed by atoms with Gasteiger partial charge in [0.1, 0.15) is 0 Å². The van der Waals surface area contributed by atoms with Crippen molar-refractivity contribution in [1.29, 1.82) is 0 Å². The number of thiocarbonyl (C=S) groups is 1. The van der Waals surface area contributed by atoms with Crippen LogP contribution in [0.4, 0.5) is 5.69 Å². The molecule has 2 aliphatic rings. The third kappa shape index (κ3) is 4.71. The van der Waals surface area contributed by atoms with Crippen molar-refractivity contribution in [1.82, 2.24) is 19.8 Å². The largest absolute Gasteiger partial charge is 0.352 e. The van der Waals surface area contributed by atoms with Crippen LogP contribution in [0.1, 0.15) is 67.1 Å². The van der Waals surface area contributed by atoms with Crippen LogP contribution in [0.2, 0.25) is 0 Å². The highest BCUT2D eigenvalue weighted by molar-refractivity contribution is 7.80. The number of hydrogen-bond acceptors (Lipinski definition) is 3. The zero-order valence-electron chi connectivity index (χ0n) is 19.5. The van der Waals surface area contributed by atoms with Gasteiger partial charge in [-0.05, 0) is 67.4 Å². The van der Waals surface area contributed by atoms with Gasteiger partial charge in [-0.2, -0.15) is 0 Å². The van der Waals surface area contributed by atoms with Crippen LogP contribution in [-0.4, -0.2) is 32.0 Å². The van der Waals surface area contributed by atoms with Crippen molar-refractivity contribution < 1.29 is 4.79 Å². The summed E-state index contributed by atoms with van der Waals surface area (Å²) in [6.07, 6.45) is 11.7. The summed E-state index contributed by atoms with van der Waals surface area (Å²) in [7, 11) is 0. The molecule has 7 heteroatoms. The molecule has 2 aromatic heterocycles. The molecule has 0 unspecified atom stereocenters. The number of aryl methyl sites for hydroxylation is 1. The molecule has 176 valence electrons. The van der Waals surface area contributed by atoms with Crippen LogP contribution in [0, 0.1) is 6.92 Å². The zero-order chi connectivity index (χ0) is 23.5. The number of nitrogens with zero attached hydrogens (tertiary/aromatic N) is 3. The maximum Gasteiger partial charge on any atom is 0.226 e. The van der Waals surface area contributed by atoms with Crippen LogP contribution >= 0.6 is 12.2 Å². The van der Waals surface area contributed by atoms with E-state index in [-0.39, 0.29) is 18.0 Å². The van der Waals surface area contributed by atoms with E-state index in [4.69, 9.17) is 12.2 Å². The standard InChI is InChI=1S/C27H31N5OS/c1-19-8-2-5-11-22(19)29-24(33)14-17-32-26(20-13-16-31(18-20)21-9-3-4-10-21)25(30-27(32)34)23-12-6-7-15-28-23/h2,5-8,11-13,15-16,18,21,25-26H,3-4,9-10,14,17H2,1H3,(H,29,33)(H,30,34)/t25-,26-/m1/s1. The number of carbonyl (C=O) groups is 1. The first-order valence-corrected chi connectivity index (χ1v) is 12.5. The van der Waals surface area contributed by atoms with E-state index in [0.717, 1.165) is 16.9 Å². The molecule has 3 heterocycles. The number of para-hydroxylation sites is 1. The molecule has 1 saturated heterocycles. The minimum Gasteiger partial charge on any atom is -0.352 e. The fourth-order valence-corrected chi connectivity index (χ4v) is 5.52. The van der Waals surface area contributed by atoms with Crippen molar-refractivity contribution >= 4 is 28.9 Å². The van der Waals surface area contributed by atoms with Crippen LogP contribution in [0.25, 0.3) is 0 Å². The third-order valence-electron chi connectivity index (χ3n) is 7.02. The van der Waals surface area contributed by atoms with Gasteiger partial charge in [0.25, 0.3) is 0 Å². The Bertz CT molecular complexity index is 1150. The summed E-state index contributed by atoms with van der Waals surface area (Å²) in [5, 5.41) is 7.19. The van der Waals surface area contributed by atoms with E-state index in [1.807, 2.05) is 55.6 Å². The Morgan fingerprint density at radius 1 is 1.15 bits per heavy atom. The van der Waals surface area contributed by atoms with E-state index in [1.54, 1.807) is 0 Å². The number of carbonyl (C=O) groups excluding carboxylic acids is 1. The van der Waals surface area contributed by atoms with E-state index < -0.39 is 0 Å². The predicted octanol–water partition coefficient (Wildman–Crippen LogP) is 5.31. The molecule has 2 atom stereocenters. The molecular weight excluding hydrogens is 442 g/mol. The number of benzene rings is 1. The molecule has 0 bridgehead atoms. The molecule has 1 aromatic carbocycles. The molecule has 1 saturated carbocycles. The van der Waals surface area contributed by atoms with E-state index >= 15 is 0 Å². The van der Waals surface area contributed by atoms with E-state index in [2.05, 4.69) is 43.5 Å². The highest BCUT2D eigenvalue weighted by atomic mass is 32.1. The van der Waals surface area contributed by atoms with Gasteiger partial charge in [0.05, 0.1) is 17.8 Å². The number of hydrogen-bond donors (Lipinski definition) is 2. The molecule has 1 aliphatic carbocycles. The Kier molecular flexibility index (Phi) is 6.63. The fourth-order valence-electron chi connectivity index (χ4n) is 5.19. The Labute approximate surface area is 206 Å². The molecule has 0 spiro atoms. The second-order valence-corrected chi connectivity index (χ2v) is 9.65. The second kappa shape index (κ2) is 9.97. The smallest absolute Gasteiger partial charge is 0.226 e. The Morgan fingerprint density at radius 3 is 2.71 bits per heavy atom. The van der Waals surface area contributed by atoms with Gasteiger partial charge in [0, 0.05) is 43.3 Å². The molecule has 5 rings (SSSR count). The molecule has 1 aliphatic heterocycles. The molecule has 0 radical (unpaired) electrons. The lowest BCUT2D eigenvalue weighted by Gasteiger charge is -2.27. The number of amides is 1. The predicted molar refractivity (Wildman–Crippen MR) is 139 cm³/mol. The van der Waals surface area contributed by atoms with Gasteiger partial charge in [-0.3, -0.25) is 9.78 Å². The number of aromatic nitrogens is 2. The third-order valence-corrected chi connectivity index (χ3v) is 7.37. The van der Waals surface area contributed by atoms with Crippen molar-refractivity contribution in [2.75, 3.05) is 11.9 Å². The van der Waals surface area contributed by atoms with Gasteiger partial charge in [-0.1, -0.05) is 37.1 Å². The van der Waals surface area contributed by atoms with Crippen molar-refractivity contribution in [2.45, 2.75) is 57.2 Å². The molecular formula is C27H31N5OS. The first kappa shape index (κ1) is 22.6.